The molecule has 0 aliphatic heterocycles. The maximum absolute atomic E-state index is 3.74. The third-order valence-electron chi connectivity index (χ3n) is 4.53. The Kier molecular flexibility index (Phi) is 8.63. The summed E-state index contributed by atoms with van der Waals surface area (Å²) < 4.78 is 0. The van der Waals surface area contributed by atoms with Gasteiger partial charge < -0.3 is 10.2 Å². The van der Waals surface area contributed by atoms with Crippen molar-refractivity contribution in [2.45, 2.75) is 66.0 Å². The van der Waals surface area contributed by atoms with Gasteiger partial charge in [-0.05, 0) is 57.3 Å². The van der Waals surface area contributed by atoms with E-state index in [0.717, 1.165) is 13.1 Å². The summed E-state index contributed by atoms with van der Waals surface area (Å²) in [5.74, 6) is 0. The van der Waals surface area contributed by atoms with Gasteiger partial charge in [0.05, 0.1) is 0 Å². The maximum atomic E-state index is 3.74. The third-order valence-corrected chi connectivity index (χ3v) is 4.53. The first-order chi connectivity index (χ1) is 10.1. The lowest BCUT2D eigenvalue weighted by molar-refractivity contribution is 0.203. The second kappa shape index (κ2) is 9.97. The first-order valence-corrected chi connectivity index (χ1v) is 8.66. The predicted molar refractivity (Wildman–Crippen MR) is 93.8 cm³/mol. The first-order valence-electron chi connectivity index (χ1n) is 8.66. The fraction of sp³-hybridized carbons (Fsp3) is 0.684. The number of rotatable bonds is 10. The molecule has 2 unspecified atom stereocenters. The summed E-state index contributed by atoms with van der Waals surface area (Å²) in [6, 6.07) is 9.95. The van der Waals surface area contributed by atoms with Crippen LogP contribution >= 0.6 is 0 Å². The van der Waals surface area contributed by atoms with Crippen molar-refractivity contribution >= 4 is 0 Å². The highest BCUT2D eigenvalue weighted by Gasteiger charge is 2.16. The highest BCUT2D eigenvalue weighted by Crippen LogP contribution is 2.21. The zero-order chi connectivity index (χ0) is 15.7. The van der Waals surface area contributed by atoms with Crippen molar-refractivity contribution in [1.29, 1.82) is 0 Å². The molecule has 1 aromatic carbocycles. The Morgan fingerprint density at radius 3 is 2.43 bits per heavy atom. The van der Waals surface area contributed by atoms with Crippen LogP contribution in [0.5, 0.6) is 0 Å². The van der Waals surface area contributed by atoms with Crippen molar-refractivity contribution in [2.75, 3.05) is 19.6 Å². The van der Waals surface area contributed by atoms with Gasteiger partial charge in [0.15, 0.2) is 0 Å². The highest BCUT2D eigenvalue weighted by molar-refractivity contribution is 5.28. The van der Waals surface area contributed by atoms with Crippen molar-refractivity contribution in [3.8, 4) is 0 Å². The molecule has 0 spiro atoms. The lowest BCUT2D eigenvalue weighted by atomic mass is 9.98. The molecule has 0 bridgehead atoms. The smallest absolute Gasteiger partial charge is 0.0335 e. The number of hydrogen-bond donors (Lipinski definition) is 1. The molecule has 0 heterocycles. The van der Waals surface area contributed by atoms with E-state index in [4.69, 9.17) is 0 Å². The molecule has 1 rings (SSSR count). The van der Waals surface area contributed by atoms with E-state index in [-0.39, 0.29) is 0 Å². The minimum Gasteiger partial charge on any atom is -0.310 e. The second-order valence-electron chi connectivity index (χ2n) is 6.04. The fourth-order valence-electron chi connectivity index (χ4n) is 2.91. The van der Waals surface area contributed by atoms with Gasteiger partial charge in [0.2, 0.25) is 0 Å². The predicted octanol–water partition coefficient (Wildman–Crippen LogP) is 4.55. The molecule has 0 radical (unpaired) electrons. The Morgan fingerprint density at radius 2 is 1.86 bits per heavy atom. The first kappa shape index (κ1) is 18.2. The Labute approximate surface area is 131 Å². The van der Waals surface area contributed by atoms with Crippen LogP contribution in [0.2, 0.25) is 0 Å². The molecule has 1 N–H and O–H groups in total. The SMILES string of the molecule is CCCNC(CCN(CC)C(C)CC)c1ccccc1C. The van der Waals surface area contributed by atoms with Gasteiger partial charge in [-0.2, -0.15) is 0 Å². The van der Waals surface area contributed by atoms with Crippen LogP contribution in [-0.4, -0.2) is 30.6 Å². The monoisotopic (exact) mass is 290 g/mol. The van der Waals surface area contributed by atoms with E-state index in [2.05, 4.69) is 69.1 Å². The highest BCUT2D eigenvalue weighted by atomic mass is 15.1. The van der Waals surface area contributed by atoms with Gasteiger partial charge in [0, 0.05) is 18.6 Å². The third kappa shape index (κ3) is 5.80. The average Bonchev–Trinajstić information content (AvgIpc) is 2.51. The van der Waals surface area contributed by atoms with Gasteiger partial charge in [0.25, 0.3) is 0 Å². The number of hydrogen-bond acceptors (Lipinski definition) is 2. The Bertz CT molecular complexity index is 389. The minimum atomic E-state index is 0.476. The molecule has 0 saturated carbocycles. The van der Waals surface area contributed by atoms with Crippen LogP contribution in [0.25, 0.3) is 0 Å². The fourth-order valence-corrected chi connectivity index (χ4v) is 2.91. The zero-order valence-electron chi connectivity index (χ0n) is 14.7. The van der Waals surface area contributed by atoms with E-state index in [1.54, 1.807) is 0 Å². The second-order valence-corrected chi connectivity index (χ2v) is 6.04. The lowest BCUT2D eigenvalue weighted by Gasteiger charge is -2.29. The quantitative estimate of drug-likeness (QED) is 0.680. The van der Waals surface area contributed by atoms with Crippen LogP contribution in [0.1, 0.15) is 64.1 Å². The van der Waals surface area contributed by atoms with E-state index in [9.17, 15) is 0 Å². The Hall–Kier alpha value is -0.860. The number of nitrogens with zero attached hydrogens (tertiary/aromatic N) is 1. The van der Waals surface area contributed by atoms with Gasteiger partial charge in [-0.15, -0.1) is 0 Å². The molecule has 2 heteroatoms. The van der Waals surface area contributed by atoms with Gasteiger partial charge in [-0.1, -0.05) is 45.0 Å². The van der Waals surface area contributed by atoms with Crippen LogP contribution < -0.4 is 5.32 Å². The molecule has 21 heavy (non-hydrogen) atoms. The van der Waals surface area contributed by atoms with Crippen LogP contribution in [0.15, 0.2) is 24.3 Å². The van der Waals surface area contributed by atoms with E-state index >= 15 is 0 Å². The Balaban J connectivity index is 2.72. The van der Waals surface area contributed by atoms with Crippen LogP contribution in [0, 0.1) is 6.92 Å². The number of nitrogens with one attached hydrogen (secondary N) is 1. The summed E-state index contributed by atoms with van der Waals surface area (Å²) in [6.45, 7) is 14.8. The van der Waals surface area contributed by atoms with Crippen molar-refractivity contribution in [1.82, 2.24) is 10.2 Å². The van der Waals surface area contributed by atoms with Crippen molar-refractivity contribution < 1.29 is 0 Å². The molecule has 0 amide bonds. The van der Waals surface area contributed by atoms with Crippen LogP contribution in [-0.2, 0) is 0 Å². The molecule has 0 fully saturated rings. The largest absolute Gasteiger partial charge is 0.310 e. The summed E-state index contributed by atoms with van der Waals surface area (Å²) in [7, 11) is 0. The molecular formula is C19H34N2. The minimum absolute atomic E-state index is 0.476. The van der Waals surface area contributed by atoms with Gasteiger partial charge in [-0.3, -0.25) is 0 Å². The van der Waals surface area contributed by atoms with Crippen molar-refractivity contribution in [3.05, 3.63) is 35.4 Å². The summed E-state index contributed by atoms with van der Waals surface area (Å²) in [6.07, 6.45) is 3.60. The summed E-state index contributed by atoms with van der Waals surface area (Å²) in [5.41, 5.74) is 2.86. The molecule has 0 aromatic heterocycles. The summed E-state index contributed by atoms with van der Waals surface area (Å²) in [4.78, 5) is 2.60. The van der Waals surface area contributed by atoms with Gasteiger partial charge in [0.1, 0.15) is 0 Å². The Morgan fingerprint density at radius 1 is 1.14 bits per heavy atom. The molecule has 2 nitrogen and oxygen atoms in total. The molecule has 120 valence electrons. The molecule has 2 atom stereocenters. The van der Waals surface area contributed by atoms with E-state index in [0.29, 0.717) is 12.1 Å². The number of benzene rings is 1. The standard InChI is InChI=1S/C19H34N2/c1-6-14-20-19(18-12-10-9-11-16(18)4)13-15-21(8-3)17(5)7-2/h9-12,17,19-20H,6-8,13-15H2,1-5H3. The number of aryl methyl sites for hydroxylation is 1. The molecule has 0 aliphatic rings. The topological polar surface area (TPSA) is 15.3 Å². The summed E-state index contributed by atoms with van der Waals surface area (Å²) in [5, 5.41) is 3.74. The van der Waals surface area contributed by atoms with E-state index in [1.807, 2.05) is 0 Å². The average molecular weight is 290 g/mol. The van der Waals surface area contributed by atoms with Gasteiger partial charge >= 0.3 is 0 Å². The molecular weight excluding hydrogens is 256 g/mol. The molecule has 0 saturated heterocycles. The molecule has 0 aliphatic carbocycles. The summed E-state index contributed by atoms with van der Waals surface area (Å²) >= 11 is 0. The molecule has 1 aromatic rings. The van der Waals surface area contributed by atoms with E-state index in [1.165, 1.54) is 36.9 Å². The lowest BCUT2D eigenvalue weighted by Crippen LogP contribution is -2.35. The van der Waals surface area contributed by atoms with Gasteiger partial charge in [-0.25, -0.2) is 0 Å². The normalized spacial score (nSPS) is 14.4. The van der Waals surface area contributed by atoms with Crippen molar-refractivity contribution in [2.24, 2.45) is 0 Å². The zero-order valence-corrected chi connectivity index (χ0v) is 14.7. The van der Waals surface area contributed by atoms with Crippen LogP contribution in [0.4, 0.5) is 0 Å². The van der Waals surface area contributed by atoms with E-state index < -0.39 is 0 Å². The van der Waals surface area contributed by atoms with Crippen molar-refractivity contribution in [3.63, 3.8) is 0 Å². The maximum Gasteiger partial charge on any atom is 0.0335 e. The van der Waals surface area contributed by atoms with Crippen LogP contribution in [0.3, 0.4) is 0 Å².